The Labute approximate surface area is 159 Å². The van der Waals surface area contributed by atoms with Crippen LogP contribution in [0.4, 0.5) is 10.6 Å². The molecule has 0 spiro atoms. The third-order valence-electron chi connectivity index (χ3n) is 4.72. The van der Waals surface area contributed by atoms with Crippen LogP contribution in [0.15, 0.2) is 24.4 Å². The maximum atomic E-state index is 12.2. The molecule has 0 N–H and O–H groups in total. The van der Waals surface area contributed by atoms with Crippen LogP contribution in [-0.4, -0.2) is 62.8 Å². The molecule has 2 fully saturated rings. The quantitative estimate of drug-likeness (QED) is 0.827. The van der Waals surface area contributed by atoms with Gasteiger partial charge in [0.25, 0.3) is 0 Å². The highest BCUT2D eigenvalue weighted by atomic mass is 16.6. The zero-order valence-corrected chi connectivity index (χ0v) is 16.1. The van der Waals surface area contributed by atoms with Gasteiger partial charge in [-0.2, -0.15) is 0 Å². The second-order valence-corrected chi connectivity index (χ2v) is 8.17. The van der Waals surface area contributed by atoms with E-state index in [-0.39, 0.29) is 6.09 Å². The predicted octanol–water partition coefficient (Wildman–Crippen LogP) is 2.60. The molecule has 0 unspecified atom stereocenters. The van der Waals surface area contributed by atoms with Crippen molar-refractivity contribution >= 4 is 11.9 Å². The van der Waals surface area contributed by atoms with Crippen molar-refractivity contribution < 1.29 is 9.53 Å². The number of nitrogens with zero attached hydrogens (tertiary/aromatic N) is 6. The van der Waals surface area contributed by atoms with Crippen molar-refractivity contribution in [1.82, 2.24) is 24.9 Å². The highest BCUT2D eigenvalue weighted by molar-refractivity contribution is 5.68. The summed E-state index contributed by atoms with van der Waals surface area (Å²) < 4.78 is 7.20. The van der Waals surface area contributed by atoms with Gasteiger partial charge in [0, 0.05) is 32.1 Å². The third kappa shape index (κ3) is 4.20. The molecule has 8 nitrogen and oxygen atoms in total. The Morgan fingerprint density at radius 1 is 1.11 bits per heavy atom. The van der Waals surface area contributed by atoms with Gasteiger partial charge in [-0.05, 0) is 45.7 Å². The van der Waals surface area contributed by atoms with E-state index in [9.17, 15) is 4.79 Å². The number of anilines is 1. The molecule has 27 heavy (non-hydrogen) atoms. The minimum absolute atomic E-state index is 0.251. The summed E-state index contributed by atoms with van der Waals surface area (Å²) in [6.07, 6.45) is 4.13. The fraction of sp³-hybridized carbons (Fsp3) is 0.579. The van der Waals surface area contributed by atoms with Crippen molar-refractivity contribution in [3.8, 4) is 5.82 Å². The molecule has 1 saturated heterocycles. The number of ether oxygens (including phenoxy) is 1. The molecule has 1 aliphatic heterocycles. The van der Waals surface area contributed by atoms with Crippen LogP contribution in [-0.2, 0) is 4.74 Å². The number of hydrogen-bond donors (Lipinski definition) is 0. The van der Waals surface area contributed by atoms with Gasteiger partial charge in [-0.1, -0.05) is 11.3 Å². The van der Waals surface area contributed by atoms with E-state index in [4.69, 9.17) is 9.72 Å². The summed E-state index contributed by atoms with van der Waals surface area (Å²) in [5, 5.41) is 8.48. The molecule has 0 aromatic carbocycles. The van der Waals surface area contributed by atoms with Crippen molar-refractivity contribution in [3.05, 3.63) is 30.1 Å². The van der Waals surface area contributed by atoms with Crippen LogP contribution in [0, 0.1) is 0 Å². The van der Waals surface area contributed by atoms with Crippen molar-refractivity contribution in [1.29, 1.82) is 0 Å². The minimum Gasteiger partial charge on any atom is -0.444 e. The molecule has 0 bridgehead atoms. The zero-order valence-electron chi connectivity index (χ0n) is 16.1. The number of pyridine rings is 1. The van der Waals surface area contributed by atoms with Gasteiger partial charge < -0.3 is 14.5 Å². The lowest BCUT2D eigenvalue weighted by Gasteiger charge is -2.36. The summed E-state index contributed by atoms with van der Waals surface area (Å²) in [6, 6.07) is 5.91. The summed E-state index contributed by atoms with van der Waals surface area (Å²) in [5.74, 6) is 2.23. The summed E-state index contributed by atoms with van der Waals surface area (Å²) in [7, 11) is 0. The van der Waals surface area contributed by atoms with Gasteiger partial charge in [0.05, 0.1) is 11.9 Å². The summed E-state index contributed by atoms with van der Waals surface area (Å²) in [5.41, 5.74) is 0.578. The van der Waals surface area contributed by atoms with E-state index < -0.39 is 5.60 Å². The molecule has 144 valence electrons. The first kappa shape index (κ1) is 17.8. The molecular weight excluding hydrogens is 344 g/mol. The van der Waals surface area contributed by atoms with Crippen LogP contribution < -0.4 is 4.90 Å². The molecule has 2 aromatic rings. The number of hydrogen-bond acceptors (Lipinski definition) is 6. The fourth-order valence-corrected chi connectivity index (χ4v) is 3.12. The molecule has 1 amide bonds. The topological polar surface area (TPSA) is 76.4 Å². The standard InChI is InChI=1S/C19H26N6O2/c1-19(2,3)27-18(26)24-11-9-23(10-12-24)16-5-4-6-17(20-16)25-13-15(21-22-25)14-7-8-14/h4-6,13-14H,7-12H2,1-3H3. The number of rotatable bonds is 3. The molecule has 8 heteroatoms. The number of carbonyl (C=O) groups excluding carboxylic acids is 1. The van der Waals surface area contributed by atoms with Crippen LogP contribution in [0.2, 0.25) is 0 Å². The Kier molecular flexibility index (Phi) is 4.49. The lowest BCUT2D eigenvalue weighted by atomic mass is 10.2. The Morgan fingerprint density at radius 2 is 1.81 bits per heavy atom. The Hall–Kier alpha value is -2.64. The monoisotopic (exact) mass is 370 g/mol. The summed E-state index contributed by atoms with van der Waals surface area (Å²) in [4.78, 5) is 20.9. The van der Waals surface area contributed by atoms with Gasteiger partial charge in [0.2, 0.25) is 0 Å². The molecule has 2 aliphatic rings. The average molecular weight is 370 g/mol. The van der Waals surface area contributed by atoms with E-state index in [2.05, 4.69) is 15.2 Å². The van der Waals surface area contributed by atoms with Crippen LogP contribution in [0.25, 0.3) is 5.82 Å². The first-order valence-electron chi connectivity index (χ1n) is 9.51. The van der Waals surface area contributed by atoms with Gasteiger partial charge in [0.15, 0.2) is 5.82 Å². The van der Waals surface area contributed by atoms with E-state index in [0.717, 1.165) is 30.4 Å². The maximum Gasteiger partial charge on any atom is 0.410 e. The van der Waals surface area contributed by atoms with Crippen LogP contribution in [0.3, 0.4) is 0 Å². The van der Waals surface area contributed by atoms with Gasteiger partial charge in [-0.25, -0.2) is 14.5 Å². The van der Waals surface area contributed by atoms with Crippen LogP contribution in [0.1, 0.15) is 45.2 Å². The highest BCUT2D eigenvalue weighted by Crippen LogP contribution is 2.38. The van der Waals surface area contributed by atoms with Gasteiger partial charge in [-0.15, -0.1) is 5.10 Å². The first-order valence-corrected chi connectivity index (χ1v) is 9.51. The molecule has 0 atom stereocenters. The molecule has 2 aromatic heterocycles. The summed E-state index contributed by atoms with van der Waals surface area (Å²) >= 11 is 0. The molecule has 1 saturated carbocycles. The molecule has 1 aliphatic carbocycles. The zero-order chi connectivity index (χ0) is 19.0. The second-order valence-electron chi connectivity index (χ2n) is 8.17. The van der Waals surface area contributed by atoms with Crippen molar-refractivity contribution in [2.45, 2.75) is 45.1 Å². The Morgan fingerprint density at radius 3 is 2.48 bits per heavy atom. The van der Waals surface area contributed by atoms with Crippen molar-refractivity contribution in [2.75, 3.05) is 31.1 Å². The lowest BCUT2D eigenvalue weighted by Crippen LogP contribution is -2.50. The summed E-state index contributed by atoms with van der Waals surface area (Å²) in [6.45, 7) is 8.34. The maximum absolute atomic E-state index is 12.2. The minimum atomic E-state index is -0.471. The van der Waals surface area contributed by atoms with Crippen molar-refractivity contribution in [2.24, 2.45) is 0 Å². The Balaban J connectivity index is 1.40. The first-order chi connectivity index (χ1) is 12.9. The second kappa shape index (κ2) is 6.83. The number of carbonyl (C=O) groups is 1. The lowest BCUT2D eigenvalue weighted by molar-refractivity contribution is 0.0240. The van der Waals surface area contributed by atoms with E-state index >= 15 is 0 Å². The molecular formula is C19H26N6O2. The van der Waals surface area contributed by atoms with E-state index in [1.165, 1.54) is 12.8 Å². The predicted molar refractivity (Wildman–Crippen MR) is 101 cm³/mol. The normalized spacial score (nSPS) is 17.9. The average Bonchev–Trinajstić information content (AvgIpc) is 3.37. The van der Waals surface area contributed by atoms with Crippen molar-refractivity contribution in [3.63, 3.8) is 0 Å². The largest absolute Gasteiger partial charge is 0.444 e. The van der Waals surface area contributed by atoms with Gasteiger partial charge >= 0.3 is 6.09 Å². The molecule has 4 rings (SSSR count). The highest BCUT2D eigenvalue weighted by Gasteiger charge is 2.28. The van der Waals surface area contributed by atoms with Crippen LogP contribution >= 0.6 is 0 Å². The SMILES string of the molecule is CC(C)(C)OC(=O)N1CCN(c2cccc(-n3cc(C4CC4)nn3)n2)CC1. The Bertz CT molecular complexity index is 816. The number of aromatic nitrogens is 4. The fourth-order valence-electron chi connectivity index (χ4n) is 3.12. The van der Waals surface area contributed by atoms with E-state index in [0.29, 0.717) is 19.0 Å². The smallest absolute Gasteiger partial charge is 0.410 e. The van der Waals surface area contributed by atoms with E-state index in [1.807, 2.05) is 45.2 Å². The van der Waals surface area contributed by atoms with Crippen LogP contribution in [0.5, 0.6) is 0 Å². The number of piperazine rings is 1. The van der Waals surface area contributed by atoms with Gasteiger partial charge in [-0.3, -0.25) is 0 Å². The van der Waals surface area contributed by atoms with Gasteiger partial charge in [0.1, 0.15) is 11.4 Å². The van der Waals surface area contributed by atoms with E-state index in [1.54, 1.807) is 9.58 Å². The number of amides is 1. The third-order valence-corrected chi connectivity index (χ3v) is 4.72. The molecule has 0 radical (unpaired) electrons. The molecule has 3 heterocycles.